The normalized spacial score (nSPS) is 14.2. The number of nitrogens with zero attached hydrogens (tertiary/aromatic N) is 2. The van der Waals surface area contributed by atoms with E-state index in [2.05, 4.69) is 27.0 Å². The summed E-state index contributed by atoms with van der Waals surface area (Å²) >= 11 is 0. The van der Waals surface area contributed by atoms with Gasteiger partial charge >= 0.3 is 0 Å². The second-order valence-electron chi connectivity index (χ2n) is 5.27. The summed E-state index contributed by atoms with van der Waals surface area (Å²) in [5.41, 5.74) is 1.26. The van der Waals surface area contributed by atoms with Crippen molar-refractivity contribution in [3.63, 3.8) is 0 Å². The molecule has 3 rings (SSSR count). The van der Waals surface area contributed by atoms with Crippen molar-refractivity contribution in [1.82, 2.24) is 14.9 Å². The number of imidazole rings is 1. The van der Waals surface area contributed by atoms with E-state index in [0.717, 1.165) is 31.6 Å². The van der Waals surface area contributed by atoms with Gasteiger partial charge in [0.05, 0.1) is 0 Å². The minimum absolute atomic E-state index is 0.200. The van der Waals surface area contributed by atoms with Gasteiger partial charge in [0.1, 0.15) is 5.82 Å². The Morgan fingerprint density at radius 1 is 1.30 bits per heavy atom. The van der Waals surface area contributed by atoms with Gasteiger partial charge in [-0.25, -0.2) is 4.98 Å². The number of hydrogen-bond acceptors (Lipinski definition) is 2. The molecule has 2 aromatic rings. The van der Waals surface area contributed by atoms with E-state index in [-0.39, 0.29) is 11.8 Å². The first-order valence-corrected chi connectivity index (χ1v) is 7.14. The number of carbonyl (C=O) groups excluding carboxylic acids is 1. The molecule has 1 amide bonds. The molecule has 0 radical (unpaired) electrons. The molecule has 1 aliphatic carbocycles. The van der Waals surface area contributed by atoms with E-state index in [0.29, 0.717) is 6.54 Å². The van der Waals surface area contributed by atoms with Gasteiger partial charge in [0.15, 0.2) is 0 Å². The molecule has 1 aromatic carbocycles. The summed E-state index contributed by atoms with van der Waals surface area (Å²) in [6.45, 7) is 1.49. The van der Waals surface area contributed by atoms with Crippen molar-refractivity contribution >= 4 is 5.91 Å². The smallest absolute Gasteiger partial charge is 0.223 e. The maximum atomic E-state index is 11.6. The fourth-order valence-electron chi connectivity index (χ4n) is 2.28. The molecular formula is C16H19N3O. The van der Waals surface area contributed by atoms with Gasteiger partial charge in [-0.15, -0.1) is 0 Å². The van der Waals surface area contributed by atoms with E-state index >= 15 is 0 Å². The molecule has 1 heterocycles. The largest absolute Gasteiger partial charge is 0.355 e. The minimum atomic E-state index is 0.200. The summed E-state index contributed by atoms with van der Waals surface area (Å²) < 4.78 is 2.14. The molecule has 0 unspecified atom stereocenters. The fraction of sp³-hybridized carbons (Fsp3) is 0.375. The zero-order chi connectivity index (χ0) is 13.8. The Hall–Kier alpha value is -2.10. The van der Waals surface area contributed by atoms with Crippen molar-refractivity contribution in [3.05, 3.63) is 54.1 Å². The summed E-state index contributed by atoms with van der Waals surface area (Å²) in [5, 5.41) is 2.98. The molecule has 0 saturated heterocycles. The second-order valence-corrected chi connectivity index (χ2v) is 5.27. The number of aromatic nitrogens is 2. The van der Waals surface area contributed by atoms with Crippen molar-refractivity contribution in [2.24, 2.45) is 5.92 Å². The van der Waals surface area contributed by atoms with E-state index in [4.69, 9.17) is 0 Å². The van der Waals surface area contributed by atoms with Crippen LogP contribution < -0.4 is 5.32 Å². The monoisotopic (exact) mass is 269 g/mol. The van der Waals surface area contributed by atoms with Crippen LogP contribution in [0.1, 0.15) is 24.2 Å². The predicted molar refractivity (Wildman–Crippen MR) is 77.2 cm³/mol. The van der Waals surface area contributed by atoms with Crippen molar-refractivity contribution in [3.8, 4) is 0 Å². The Kier molecular flexibility index (Phi) is 3.81. The topological polar surface area (TPSA) is 46.9 Å². The van der Waals surface area contributed by atoms with Crippen LogP contribution in [0.3, 0.4) is 0 Å². The molecular weight excluding hydrogens is 250 g/mol. The molecule has 20 heavy (non-hydrogen) atoms. The number of benzene rings is 1. The average molecular weight is 269 g/mol. The van der Waals surface area contributed by atoms with E-state index in [1.54, 1.807) is 0 Å². The summed E-state index contributed by atoms with van der Waals surface area (Å²) in [4.78, 5) is 16.0. The number of rotatable bonds is 6. The SMILES string of the molecule is O=C(NCCc1nccn1Cc1ccccc1)C1CC1. The van der Waals surface area contributed by atoms with E-state index in [9.17, 15) is 4.79 Å². The lowest BCUT2D eigenvalue weighted by atomic mass is 10.2. The maximum absolute atomic E-state index is 11.6. The van der Waals surface area contributed by atoms with Crippen LogP contribution in [0.2, 0.25) is 0 Å². The van der Waals surface area contributed by atoms with Crippen LogP contribution in [0.4, 0.5) is 0 Å². The zero-order valence-electron chi connectivity index (χ0n) is 11.5. The van der Waals surface area contributed by atoms with Crippen molar-refractivity contribution in [1.29, 1.82) is 0 Å². The third-order valence-electron chi connectivity index (χ3n) is 3.59. The highest BCUT2D eigenvalue weighted by Crippen LogP contribution is 2.28. The lowest BCUT2D eigenvalue weighted by molar-refractivity contribution is -0.122. The van der Waals surface area contributed by atoms with Crippen LogP contribution in [0, 0.1) is 5.92 Å². The summed E-state index contributed by atoms with van der Waals surface area (Å²) in [6.07, 6.45) is 6.69. The molecule has 1 aliphatic rings. The Bertz CT molecular complexity index is 572. The summed E-state index contributed by atoms with van der Waals surface area (Å²) in [7, 11) is 0. The highest BCUT2D eigenvalue weighted by Gasteiger charge is 2.29. The van der Waals surface area contributed by atoms with E-state index < -0.39 is 0 Å². The van der Waals surface area contributed by atoms with E-state index in [1.165, 1.54) is 5.56 Å². The van der Waals surface area contributed by atoms with Gasteiger partial charge in [0.2, 0.25) is 5.91 Å². The van der Waals surface area contributed by atoms with Gasteiger partial charge in [-0.05, 0) is 18.4 Å². The number of amides is 1. The fourth-order valence-corrected chi connectivity index (χ4v) is 2.28. The van der Waals surface area contributed by atoms with Gasteiger partial charge in [0, 0.05) is 37.8 Å². The Balaban J connectivity index is 1.54. The highest BCUT2D eigenvalue weighted by molar-refractivity contribution is 5.80. The second kappa shape index (κ2) is 5.90. The van der Waals surface area contributed by atoms with Crippen molar-refractivity contribution in [2.75, 3.05) is 6.54 Å². The molecule has 1 saturated carbocycles. The number of nitrogens with one attached hydrogen (secondary N) is 1. The van der Waals surface area contributed by atoms with Crippen LogP contribution >= 0.6 is 0 Å². The molecule has 4 heteroatoms. The first-order valence-electron chi connectivity index (χ1n) is 7.14. The molecule has 0 spiro atoms. The van der Waals surface area contributed by atoms with Gasteiger partial charge in [-0.3, -0.25) is 4.79 Å². The lowest BCUT2D eigenvalue weighted by Crippen LogP contribution is -2.27. The number of carbonyl (C=O) groups is 1. The van der Waals surface area contributed by atoms with Crippen molar-refractivity contribution < 1.29 is 4.79 Å². The van der Waals surface area contributed by atoms with Gasteiger partial charge in [-0.2, -0.15) is 0 Å². The lowest BCUT2D eigenvalue weighted by Gasteiger charge is -2.08. The van der Waals surface area contributed by atoms with Gasteiger partial charge in [-0.1, -0.05) is 30.3 Å². The van der Waals surface area contributed by atoms with Gasteiger partial charge < -0.3 is 9.88 Å². The van der Waals surface area contributed by atoms with Crippen LogP contribution in [-0.4, -0.2) is 22.0 Å². The quantitative estimate of drug-likeness (QED) is 0.872. The summed E-state index contributed by atoms with van der Waals surface area (Å²) in [6, 6.07) is 10.3. The van der Waals surface area contributed by atoms with Crippen LogP contribution in [0.5, 0.6) is 0 Å². The van der Waals surface area contributed by atoms with Crippen LogP contribution in [0.15, 0.2) is 42.7 Å². The van der Waals surface area contributed by atoms with E-state index in [1.807, 2.05) is 30.6 Å². The Morgan fingerprint density at radius 2 is 2.10 bits per heavy atom. The average Bonchev–Trinajstić information content (AvgIpc) is 3.23. The molecule has 0 bridgehead atoms. The van der Waals surface area contributed by atoms with Crippen LogP contribution in [-0.2, 0) is 17.8 Å². The summed E-state index contributed by atoms with van der Waals surface area (Å²) in [5.74, 6) is 1.50. The predicted octanol–water partition coefficient (Wildman–Crippen LogP) is 2.00. The Labute approximate surface area is 118 Å². The Morgan fingerprint density at radius 3 is 2.85 bits per heavy atom. The molecule has 0 atom stereocenters. The molecule has 104 valence electrons. The highest BCUT2D eigenvalue weighted by atomic mass is 16.2. The zero-order valence-corrected chi connectivity index (χ0v) is 11.5. The third-order valence-corrected chi connectivity index (χ3v) is 3.59. The standard InChI is InChI=1S/C16H19N3O/c20-16(14-6-7-14)18-9-8-15-17-10-11-19(15)12-13-4-2-1-3-5-13/h1-5,10-11,14H,6-9,12H2,(H,18,20). The van der Waals surface area contributed by atoms with Crippen LogP contribution in [0.25, 0.3) is 0 Å². The maximum Gasteiger partial charge on any atom is 0.223 e. The molecule has 0 aliphatic heterocycles. The number of hydrogen-bond donors (Lipinski definition) is 1. The first-order chi connectivity index (χ1) is 9.83. The van der Waals surface area contributed by atoms with Crippen molar-refractivity contribution in [2.45, 2.75) is 25.8 Å². The molecule has 4 nitrogen and oxygen atoms in total. The minimum Gasteiger partial charge on any atom is -0.355 e. The molecule has 1 fully saturated rings. The molecule has 1 aromatic heterocycles. The first kappa shape index (κ1) is 12.9. The third kappa shape index (κ3) is 3.26. The molecule has 1 N–H and O–H groups in total. The van der Waals surface area contributed by atoms with Gasteiger partial charge in [0.25, 0.3) is 0 Å².